The minimum atomic E-state index is -5.08. The maximum Gasteiger partial charge on any atom is 0.490 e. The molecule has 3 heterocycles. The standard InChI is InChI=1S/C19H16N2O3S.C2HF3O2/c22-25(23,18-10-13-4-1-2-7-17(13)24-18)21-12-15-8-9-20-11-14-5-3-6-16(21)19(14)15;3-2(4,5)1(6)7/h1-7,10,12,20H,8-9,11H2;(H,6,7). The normalized spacial score (nSPS) is 14.1. The molecule has 1 aliphatic rings. The van der Waals surface area contributed by atoms with Gasteiger partial charge in [-0.05, 0) is 36.2 Å². The Morgan fingerprint density at radius 2 is 1.81 bits per heavy atom. The van der Waals surface area contributed by atoms with Gasteiger partial charge in [-0.1, -0.05) is 30.3 Å². The number of carboxylic acids is 1. The molecule has 0 radical (unpaired) electrons. The summed E-state index contributed by atoms with van der Waals surface area (Å²) in [7, 11) is -3.79. The molecular weight excluding hydrogens is 449 g/mol. The van der Waals surface area contributed by atoms with Crippen molar-refractivity contribution in [3.05, 3.63) is 65.9 Å². The van der Waals surface area contributed by atoms with Crippen molar-refractivity contribution >= 4 is 37.9 Å². The molecule has 0 fully saturated rings. The minimum absolute atomic E-state index is 0.0299. The average Bonchev–Trinajstić information content (AvgIpc) is 3.28. The SMILES string of the molecule is O=C(O)C(F)(F)F.O=S(=O)(c1cc2ccccc2o1)n1cc2c3c(cccc31)CNCC2. The lowest BCUT2D eigenvalue weighted by Crippen LogP contribution is -2.21. The summed E-state index contributed by atoms with van der Waals surface area (Å²) in [6.45, 7) is 1.58. The molecule has 2 aromatic heterocycles. The largest absolute Gasteiger partial charge is 0.490 e. The van der Waals surface area contributed by atoms with E-state index in [0.717, 1.165) is 41.4 Å². The second kappa shape index (κ2) is 7.99. The number of alkyl halides is 3. The van der Waals surface area contributed by atoms with Gasteiger partial charge in [0.15, 0.2) is 0 Å². The maximum absolute atomic E-state index is 13.2. The van der Waals surface area contributed by atoms with Crippen LogP contribution in [0.5, 0.6) is 0 Å². The third kappa shape index (κ3) is 3.96. The predicted octanol–water partition coefficient (Wildman–Crippen LogP) is 3.90. The van der Waals surface area contributed by atoms with E-state index in [1.54, 1.807) is 18.3 Å². The number of fused-ring (bicyclic) bond motifs is 1. The Morgan fingerprint density at radius 1 is 1.09 bits per heavy atom. The van der Waals surface area contributed by atoms with Crippen molar-refractivity contribution in [2.45, 2.75) is 24.2 Å². The van der Waals surface area contributed by atoms with Crippen molar-refractivity contribution in [1.29, 1.82) is 0 Å². The van der Waals surface area contributed by atoms with E-state index in [1.165, 1.54) is 3.97 Å². The number of carboxylic acid groups (broad SMARTS) is 1. The van der Waals surface area contributed by atoms with Gasteiger partial charge in [-0.3, -0.25) is 0 Å². The van der Waals surface area contributed by atoms with Gasteiger partial charge in [0, 0.05) is 29.6 Å². The van der Waals surface area contributed by atoms with Crippen LogP contribution in [0, 0.1) is 0 Å². The van der Waals surface area contributed by atoms with Crippen LogP contribution in [0.15, 0.2) is 64.2 Å². The number of carbonyl (C=O) groups is 1. The molecular formula is C21H17F3N2O5S. The number of halogens is 3. The van der Waals surface area contributed by atoms with E-state index < -0.39 is 22.2 Å². The molecule has 0 aliphatic carbocycles. The van der Waals surface area contributed by atoms with Crippen LogP contribution in [0.4, 0.5) is 13.2 Å². The first-order valence-corrected chi connectivity index (χ1v) is 10.9. The molecule has 32 heavy (non-hydrogen) atoms. The summed E-state index contributed by atoms with van der Waals surface area (Å²) in [4.78, 5) is 8.90. The maximum atomic E-state index is 13.2. The van der Waals surface area contributed by atoms with Gasteiger partial charge in [0.25, 0.3) is 0 Å². The van der Waals surface area contributed by atoms with Gasteiger partial charge >= 0.3 is 22.2 Å². The van der Waals surface area contributed by atoms with Gasteiger partial charge in [0.05, 0.1) is 5.52 Å². The second-order valence-corrected chi connectivity index (χ2v) is 8.85. The smallest absolute Gasteiger partial charge is 0.475 e. The number of aromatic nitrogens is 1. The van der Waals surface area contributed by atoms with Crippen molar-refractivity contribution in [3.63, 3.8) is 0 Å². The zero-order valence-corrected chi connectivity index (χ0v) is 17.2. The second-order valence-electron chi connectivity index (χ2n) is 7.10. The van der Waals surface area contributed by atoms with E-state index in [9.17, 15) is 21.6 Å². The average molecular weight is 466 g/mol. The highest BCUT2D eigenvalue weighted by Crippen LogP contribution is 2.32. The zero-order valence-electron chi connectivity index (χ0n) is 16.4. The van der Waals surface area contributed by atoms with Gasteiger partial charge in [0.2, 0.25) is 5.09 Å². The fraction of sp³-hybridized carbons (Fsp3) is 0.190. The van der Waals surface area contributed by atoms with Gasteiger partial charge < -0.3 is 14.8 Å². The number of benzene rings is 2. The summed E-state index contributed by atoms with van der Waals surface area (Å²) < 4.78 is 65.2. The van der Waals surface area contributed by atoms with Crippen LogP contribution >= 0.6 is 0 Å². The van der Waals surface area contributed by atoms with E-state index in [1.807, 2.05) is 36.4 Å². The van der Waals surface area contributed by atoms with Crippen molar-refractivity contribution in [2.24, 2.45) is 0 Å². The Labute approximate surface area is 180 Å². The van der Waals surface area contributed by atoms with Crippen molar-refractivity contribution in [3.8, 4) is 0 Å². The topological polar surface area (TPSA) is 102 Å². The summed E-state index contributed by atoms with van der Waals surface area (Å²) in [5.41, 5.74) is 3.46. The van der Waals surface area contributed by atoms with Crippen molar-refractivity contribution in [2.75, 3.05) is 6.54 Å². The Kier molecular flexibility index (Phi) is 5.47. The van der Waals surface area contributed by atoms with E-state index in [4.69, 9.17) is 14.3 Å². The molecule has 0 spiro atoms. The number of rotatable bonds is 2. The molecule has 4 aromatic rings. The Balaban J connectivity index is 0.000000307. The number of hydrogen-bond donors (Lipinski definition) is 2. The molecule has 0 bridgehead atoms. The molecule has 5 rings (SSSR count). The molecule has 1 aliphatic heterocycles. The molecule has 0 saturated heterocycles. The van der Waals surface area contributed by atoms with E-state index in [2.05, 4.69) is 5.32 Å². The molecule has 0 unspecified atom stereocenters. The summed E-state index contributed by atoms with van der Waals surface area (Å²) >= 11 is 0. The summed E-state index contributed by atoms with van der Waals surface area (Å²) in [5.74, 6) is -2.76. The lowest BCUT2D eigenvalue weighted by molar-refractivity contribution is -0.192. The molecule has 7 nitrogen and oxygen atoms in total. The van der Waals surface area contributed by atoms with Gasteiger partial charge in [-0.2, -0.15) is 21.6 Å². The number of nitrogens with zero attached hydrogens (tertiary/aromatic N) is 1. The molecule has 0 atom stereocenters. The molecule has 11 heteroatoms. The van der Waals surface area contributed by atoms with E-state index in [0.29, 0.717) is 11.1 Å². The Bertz CT molecular complexity index is 1390. The minimum Gasteiger partial charge on any atom is -0.475 e. The van der Waals surface area contributed by atoms with Gasteiger partial charge in [-0.15, -0.1) is 0 Å². The highest BCUT2D eigenvalue weighted by molar-refractivity contribution is 7.90. The van der Waals surface area contributed by atoms with Crippen LogP contribution in [0.2, 0.25) is 0 Å². The zero-order chi connectivity index (χ0) is 23.1. The fourth-order valence-corrected chi connectivity index (χ4v) is 4.92. The fourth-order valence-electron chi connectivity index (χ4n) is 3.58. The van der Waals surface area contributed by atoms with Gasteiger partial charge in [-0.25, -0.2) is 8.77 Å². The van der Waals surface area contributed by atoms with Crippen molar-refractivity contribution in [1.82, 2.24) is 9.29 Å². The highest BCUT2D eigenvalue weighted by atomic mass is 32.2. The number of hydrogen-bond acceptors (Lipinski definition) is 5. The highest BCUT2D eigenvalue weighted by Gasteiger charge is 2.38. The van der Waals surface area contributed by atoms with Crippen LogP contribution in [-0.4, -0.2) is 36.2 Å². The molecule has 2 N–H and O–H groups in total. The summed E-state index contributed by atoms with van der Waals surface area (Å²) in [6.07, 6.45) is -2.54. The molecule has 0 saturated carbocycles. The predicted molar refractivity (Wildman–Crippen MR) is 110 cm³/mol. The third-order valence-electron chi connectivity index (χ3n) is 5.01. The van der Waals surface area contributed by atoms with Crippen LogP contribution in [0.3, 0.4) is 0 Å². The molecule has 0 amide bonds. The number of furan rings is 1. The van der Waals surface area contributed by atoms with Crippen LogP contribution < -0.4 is 5.32 Å². The van der Waals surface area contributed by atoms with E-state index >= 15 is 0 Å². The monoisotopic (exact) mass is 466 g/mol. The first-order chi connectivity index (χ1) is 15.1. The van der Waals surface area contributed by atoms with Crippen molar-refractivity contribution < 1.29 is 35.9 Å². The molecule has 168 valence electrons. The first-order valence-electron chi connectivity index (χ1n) is 9.46. The Morgan fingerprint density at radius 3 is 2.50 bits per heavy atom. The number of aliphatic carboxylic acids is 1. The summed E-state index contributed by atoms with van der Waals surface area (Å²) in [5, 5.41) is 12.3. The number of nitrogens with one attached hydrogen (secondary N) is 1. The number of para-hydroxylation sites is 1. The molecule has 2 aromatic carbocycles. The summed E-state index contributed by atoms with van der Waals surface area (Å²) in [6, 6.07) is 14.7. The lowest BCUT2D eigenvalue weighted by atomic mass is 10.1. The first kappa shape index (κ1) is 21.9. The third-order valence-corrected chi connectivity index (χ3v) is 6.54. The quantitative estimate of drug-likeness (QED) is 0.465. The van der Waals surface area contributed by atoms with Crippen LogP contribution in [-0.2, 0) is 27.8 Å². The lowest BCUT2D eigenvalue weighted by Gasteiger charge is -2.06. The Hall–Kier alpha value is -3.31. The van der Waals surface area contributed by atoms with Gasteiger partial charge in [0.1, 0.15) is 5.58 Å². The van der Waals surface area contributed by atoms with Crippen LogP contribution in [0.1, 0.15) is 11.1 Å². The van der Waals surface area contributed by atoms with Crippen LogP contribution in [0.25, 0.3) is 21.9 Å². The van der Waals surface area contributed by atoms with E-state index in [-0.39, 0.29) is 5.09 Å².